The van der Waals surface area contributed by atoms with Crippen molar-refractivity contribution in [3.63, 3.8) is 0 Å². The summed E-state index contributed by atoms with van der Waals surface area (Å²) in [5, 5.41) is 7.39. The number of aromatic nitrogens is 4. The quantitative estimate of drug-likeness (QED) is 0.460. The summed E-state index contributed by atoms with van der Waals surface area (Å²) in [6.45, 7) is 0.476. The number of nitrogens with one attached hydrogen (secondary N) is 3. The molecule has 9 heteroatoms. The molecule has 0 radical (unpaired) electrons. The van der Waals surface area contributed by atoms with Gasteiger partial charge in [0.15, 0.2) is 0 Å². The van der Waals surface area contributed by atoms with Gasteiger partial charge in [-0.15, -0.1) is 0 Å². The molecule has 9 nitrogen and oxygen atoms in total. The summed E-state index contributed by atoms with van der Waals surface area (Å²) in [6, 6.07) is 14.7. The number of carbonyl (C=O) groups is 1. The molecular formula is C22H21N5O4. The lowest BCUT2D eigenvalue weighted by Gasteiger charge is -2.20. The predicted octanol–water partition coefficient (Wildman–Crippen LogP) is 2.77. The van der Waals surface area contributed by atoms with E-state index in [-0.39, 0.29) is 17.5 Å². The molecule has 4 aromatic rings. The van der Waals surface area contributed by atoms with Gasteiger partial charge in [-0.05, 0) is 42.8 Å². The van der Waals surface area contributed by atoms with Crippen molar-refractivity contribution in [2.75, 3.05) is 19.0 Å². The summed E-state index contributed by atoms with van der Waals surface area (Å²) in [5.41, 5.74) is 3.21. The molecule has 0 unspecified atom stereocenters. The van der Waals surface area contributed by atoms with E-state index in [9.17, 15) is 9.59 Å². The average Bonchev–Trinajstić information content (AvgIpc) is 3.51. The van der Waals surface area contributed by atoms with Crippen LogP contribution in [0.5, 0.6) is 5.75 Å². The molecule has 1 fully saturated rings. The molecule has 0 spiro atoms. The number of H-pyrrole nitrogens is 2. The molecule has 1 aliphatic heterocycles. The summed E-state index contributed by atoms with van der Waals surface area (Å²) < 4.78 is 13.2. The number of amides is 1. The van der Waals surface area contributed by atoms with Crippen molar-refractivity contribution >= 4 is 22.6 Å². The second-order valence-corrected chi connectivity index (χ2v) is 7.36. The smallest absolute Gasteiger partial charge is 0.323 e. The topological polar surface area (TPSA) is 114 Å². The Morgan fingerprint density at radius 1 is 1.19 bits per heavy atom. The molecular weight excluding hydrogens is 398 g/mol. The van der Waals surface area contributed by atoms with Crippen molar-refractivity contribution in [3.05, 3.63) is 70.9 Å². The number of hydrogen-bond acceptors (Lipinski definition) is 5. The van der Waals surface area contributed by atoms with Gasteiger partial charge >= 0.3 is 5.69 Å². The summed E-state index contributed by atoms with van der Waals surface area (Å²) in [5.74, 6) is 0.152. The number of rotatable bonds is 5. The molecule has 3 heterocycles. The normalized spacial score (nSPS) is 18.4. The van der Waals surface area contributed by atoms with Gasteiger partial charge in [0, 0.05) is 18.5 Å². The van der Waals surface area contributed by atoms with Crippen molar-refractivity contribution in [2.45, 2.75) is 12.5 Å². The van der Waals surface area contributed by atoms with Crippen LogP contribution in [0.2, 0.25) is 0 Å². The Kier molecular flexibility index (Phi) is 4.79. The third kappa shape index (κ3) is 3.49. The molecule has 5 rings (SSSR count). The van der Waals surface area contributed by atoms with Gasteiger partial charge in [-0.25, -0.2) is 9.48 Å². The van der Waals surface area contributed by atoms with E-state index in [4.69, 9.17) is 9.47 Å². The van der Waals surface area contributed by atoms with Gasteiger partial charge in [-0.3, -0.25) is 4.79 Å². The molecule has 0 saturated carbocycles. The number of benzene rings is 2. The van der Waals surface area contributed by atoms with Crippen LogP contribution >= 0.6 is 0 Å². The fourth-order valence-corrected chi connectivity index (χ4v) is 4.03. The molecule has 31 heavy (non-hydrogen) atoms. The minimum absolute atomic E-state index is 0.146. The van der Waals surface area contributed by atoms with E-state index in [0.29, 0.717) is 35.5 Å². The van der Waals surface area contributed by atoms with Gasteiger partial charge in [0.1, 0.15) is 17.5 Å². The number of anilines is 1. The van der Waals surface area contributed by atoms with Crippen LogP contribution in [0.1, 0.15) is 18.2 Å². The highest BCUT2D eigenvalue weighted by molar-refractivity contribution is 5.95. The maximum atomic E-state index is 13.1. The van der Waals surface area contributed by atoms with Crippen LogP contribution in [0.3, 0.4) is 0 Å². The minimum Gasteiger partial charge on any atom is -0.494 e. The Bertz CT molecular complexity index is 1300. The Labute approximate surface area is 177 Å². The number of ether oxygens (including phenoxy) is 2. The third-order valence-corrected chi connectivity index (χ3v) is 5.49. The first-order valence-electron chi connectivity index (χ1n) is 9.96. The number of imidazole rings is 1. The van der Waals surface area contributed by atoms with Crippen LogP contribution in [-0.2, 0) is 9.53 Å². The number of aromatic amines is 2. The van der Waals surface area contributed by atoms with E-state index >= 15 is 0 Å². The van der Waals surface area contributed by atoms with E-state index in [1.54, 1.807) is 36.2 Å². The molecule has 2 aromatic heterocycles. The monoisotopic (exact) mass is 419 g/mol. The Morgan fingerprint density at radius 2 is 2.03 bits per heavy atom. The molecule has 3 N–H and O–H groups in total. The molecule has 1 amide bonds. The standard InChI is InChI=1S/C22H21N5O4/c1-30-19-5-3-2-4-17(19)27-18(8-10-23-27)20-14(9-11-31-20)21(28)24-13-6-7-15-16(12-13)26-22(29)25-15/h2-8,10,12,14,20H,9,11H2,1H3,(H,24,28)(H2,25,26,29)/t14-,20-/m0/s1. The lowest BCUT2D eigenvalue weighted by atomic mass is 9.97. The van der Waals surface area contributed by atoms with Crippen molar-refractivity contribution in [1.29, 1.82) is 0 Å². The van der Waals surface area contributed by atoms with E-state index in [1.807, 2.05) is 30.3 Å². The predicted molar refractivity (Wildman–Crippen MR) is 114 cm³/mol. The highest BCUT2D eigenvalue weighted by atomic mass is 16.5. The molecule has 0 bridgehead atoms. The zero-order valence-corrected chi connectivity index (χ0v) is 16.8. The maximum Gasteiger partial charge on any atom is 0.323 e. The summed E-state index contributed by atoms with van der Waals surface area (Å²) in [7, 11) is 1.61. The number of methoxy groups -OCH3 is 1. The van der Waals surface area contributed by atoms with E-state index in [0.717, 1.165) is 11.4 Å². The second-order valence-electron chi connectivity index (χ2n) is 7.36. The van der Waals surface area contributed by atoms with Crippen molar-refractivity contribution in [1.82, 2.24) is 19.7 Å². The third-order valence-electron chi connectivity index (χ3n) is 5.49. The zero-order chi connectivity index (χ0) is 21.4. The molecule has 1 saturated heterocycles. The fourth-order valence-electron chi connectivity index (χ4n) is 4.03. The fraction of sp³-hybridized carbons (Fsp3) is 0.227. The molecule has 1 aliphatic rings. The lowest BCUT2D eigenvalue weighted by molar-refractivity contribution is -0.121. The highest BCUT2D eigenvalue weighted by Gasteiger charge is 2.37. The Hall–Kier alpha value is -3.85. The van der Waals surface area contributed by atoms with Crippen molar-refractivity contribution in [3.8, 4) is 11.4 Å². The molecule has 2 aromatic carbocycles. The van der Waals surface area contributed by atoms with Gasteiger partial charge in [-0.1, -0.05) is 12.1 Å². The summed E-state index contributed by atoms with van der Waals surface area (Å²) in [4.78, 5) is 30.0. The van der Waals surface area contributed by atoms with Gasteiger partial charge in [0.2, 0.25) is 5.91 Å². The van der Waals surface area contributed by atoms with Crippen LogP contribution < -0.4 is 15.7 Å². The number of carbonyl (C=O) groups excluding carboxylic acids is 1. The number of hydrogen-bond donors (Lipinski definition) is 3. The number of fused-ring (bicyclic) bond motifs is 1. The Morgan fingerprint density at radius 3 is 2.90 bits per heavy atom. The van der Waals surface area contributed by atoms with Crippen molar-refractivity contribution < 1.29 is 14.3 Å². The first kappa shape index (κ1) is 19.1. The first-order chi connectivity index (χ1) is 15.1. The summed E-state index contributed by atoms with van der Waals surface area (Å²) in [6.07, 6.45) is 1.84. The van der Waals surface area contributed by atoms with Gasteiger partial charge in [0.05, 0.1) is 29.8 Å². The molecule has 158 valence electrons. The largest absolute Gasteiger partial charge is 0.494 e. The SMILES string of the molecule is COc1ccccc1-n1nccc1[C@H]1OCC[C@@H]1C(=O)Nc1ccc2[nH]c(=O)[nH]c2c1. The number of para-hydroxylation sites is 2. The van der Waals surface area contributed by atoms with Gasteiger partial charge < -0.3 is 24.8 Å². The van der Waals surface area contributed by atoms with Crippen LogP contribution in [0.4, 0.5) is 5.69 Å². The van der Waals surface area contributed by atoms with Gasteiger partial charge in [0.25, 0.3) is 0 Å². The highest BCUT2D eigenvalue weighted by Crippen LogP contribution is 2.37. The first-order valence-corrected chi connectivity index (χ1v) is 9.96. The van der Waals surface area contributed by atoms with Gasteiger partial charge in [-0.2, -0.15) is 5.10 Å². The number of nitrogens with zero attached hydrogens (tertiary/aromatic N) is 2. The zero-order valence-electron chi connectivity index (χ0n) is 16.8. The average molecular weight is 419 g/mol. The lowest BCUT2D eigenvalue weighted by Crippen LogP contribution is -2.26. The van der Waals surface area contributed by atoms with Crippen LogP contribution in [-0.4, -0.2) is 39.4 Å². The molecule has 2 atom stereocenters. The van der Waals surface area contributed by atoms with Crippen molar-refractivity contribution in [2.24, 2.45) is 5.92 Å². The summed E-state index contributed by atoms with van der Waals surface area (Å²) >= 11 is 0. The van der Waals surface area contributed by atoms with Crippen LogP contribution in [0.15, 0.2) is 59.5 Å². The van der Waals surface area contributed by atoms with Crippen LogP contribution in [0.25, 0.3) is 16.7 Å². The van der Waals surface area contributed by atoms with Crippen LogP contribution in [0, 0.1) is 5.92 Å². The maximum absolute atomic E-state index is 13.1. The van der Waals surface area contributed by atoms with E-state index in [2.05, 4.69) is 20.4 Å². The minimum atomic E-state index is -0.441. The second kappa shape index (κ2) is 7.77. The Balaban J connectivity index is 1.42. The molecule has 0 aliphatic carbocycles. The van der Waals surface area contributed by atoms with E-state index < -0.39 is 6.10 Å². The van der Waals surface area contributed by atoms with E-state index in [1.165, 1.54) is 0 Å².